The lowest BCUT2D eigenvalue weighted by atomic mass is 9.91. The molecule has 2 fully saturated rings. The first-order valence-corrected chi connectivity index (χ1v) is 12.2. The van der Waals surface area contributed by atoms with Crippen molar-refractivity contribution >= 4 is 28.2 Å². The lowest BCUT2D eigenvalue weighted by molar-refractivity contribution is 0.446. The zero-order chi connectivity index (χ0) is 20.9. The van der Waals surface area contributed by atoms with Gasteiger partial charge in [-0.25, -0.2) is 9.67 Å². The van der Waals surface area contributed by atoms with Crippen LogP contribution >= 0.6 is 11.5 Å². The van der Waals surface area contributed by atoms with E-state index >= 15 is 0 Å². The van der Waals surface area contributed by atoms with Crippen LogP contribution < -0.4 is 4.90 Å². The van der Waals surface area contributed by atoms with Crippen molar-refractivity contribution in [1.29, 1.82) is 0 Å². The Balaban J connectivity index is 1.27. The first-order valence-electron chi connectivity index (χ1n) is 11.4. The maximum atomic E-state index is 5.06. The number of aliphatic imine (C=N–C) groups is 1. The van der Waals surface area contributed by atoms with E-state index in [0.717, 1.165) is 44.0 Å². The van der Waals surface area contributed by atoms with Gasteiger partial charge >= 0.3 is 0 Å². The van der Waals surface area contributed by atoms with Gasteiger partial charge in [-0.3, -0.25) is 0 Å². The number of nitrogens with zero attached hydrogens (tertiary/aromatic N) is 6. The SMILES string of the molecule is Cc1ccc(C2CCCn3nc(N=C4C5CC[C@H]4CN(c4cc(C)ns4)C5)nc32)cc1. The van der Waals surface area contributed by atoms with Gasteiger partial charge in [-0.05, 0) is 62.7 Å². The molecule has 3 aliphatic rings. The molecule has 2 bridgehead atoms. The highest BCUT2D eigenvalue weighted by atomic mass is 32.1. The summed E-state index contributed by atoms with van der Waals surface area (Å²) in [6, 6.07) is 11.1. The second-order valence-corrected chi connectivity index (χ2v) is 10.1. The molecule has 2 aromatic heterocycles. The number of hydrogen-bond donors (Lipinski definition) is 0. The Hall–Kier alpha value is -2.54. The summed E-state index contributed by atoms with van der Waals surface area (Å²) in [5.41, 5.74) is 5.07. The number of aromatic nitrogens is 4. The molecule has 1 saturated heterocycles. The predicted octanol–water partition coefficient (Wildman–Crippen LogP) is 4.90. The third-order valence-electron chi connectivity index (χ3n) is 7.08. The van der Waals surface area contributed by atoms with Crippen LogP contribution in [0, 0.1) is 25.7 Å². The predicted molar refractivity (Wildman–Crippen MR) is 125 cm³/mol. The summed E-state index contributed by atoms with van der Waals surface area (Å²) in [6.45, 7) is 7.23. The Morgan fingerprint density at radius 2 is 1.81 bits per heavy atom. The molecule has 6 rings (SSSR count). The highest BCUT2D eigenvalue weighted by Crippen LogP contribution is 2.39. The van der Waals surface area contributed by atoms with Gasteiger partial charge in [0.2, 0.25) is 0 Å². The number of anilines is 1. The highest BCUT2D eigenvalue weighted by molar-refractivity contribution is 7.10. The summed E-state index contributed by atoms with van der Waals surface area (Å²) >= 11 is 1.62. The number of aryl methyl sites for hydroxylation is 3. The van der Waals surface area contributed by atoms with Gasteiger partial charge in [0, 0.05) is 43.1 Å². The molecule has 2 unspecified atom stereocenters. The van der Waals surface area contributed by atoms with Crippen molar-refractivity contribution in [2.24, 2.45) is 16.8 Å². The molecular formula is C24H28N6S. The fourth-order valence-electron chi connectivity index (χ4n) is 5.49. The number of hydrogen-bond acceptors (Lipinski definition) is 6. The van der Waals surface area contributed by atoms with Gasteiger partial charge in [0.05, 0.1) is 5.69 Å². The lowest BCUT2D eigenvalue weighted by Crippen LogP contribution is -2.42. The molecule has 2 aliphatic heterocycles. The molecular weight excluding hydrogens is 404 g/mol. The van der Waals surface area contributed by atoms with Crippen LogP contribution in [0.3, 0.4) is 0 Å². The van der Waals surface area contributed by atoms with E-state index in [-0.39, 0.29) is 0 Å². The Kier molecular flexibility index (Phi) is 4.67. The van der Waals surface area contributed by atoms with E-state index in [1.165, 1.54) is 34.7 Å². The quantitative estimate of drug-likeness (QED) is 0.591. The Labute approximate surface area is 187 Å². The molecule has 1 aliphatic carbocycles. The van der Waals surface area contributed by atoms with Gasteiger partial charge in [-0.15, -0.1) is 5.10 Å². The van der Waals surface area contributed by atoms with E-state index in [4.69, 9.17) is 15.1 Å². The standard InChI is InChI=1S/C24H28N6S/c1-15-5-7-17(8-6-15)20-4-3-11-30-23(20)26-24(27-30)25-22-18-9-10-19(22)14-29(13-18)21-12-16(2)28-31-21/h5-8,12,18-20H,3-4,9-11,13-14H2,1-2H3/t18-,19?,20?/m0/s1. The van der Waals surface area contributed by atoms with Crippen LogP contribution in [0.5, 0.6) is 0 Å². The normalized spacial score (nSPS) is 26.5. The van der Waals surface area contributed by atoms with Crippen molar-refractivity contribution in [3.8, 4) is 0 Å². The molecule has 3 atom stereocenters. The molecule has 0 N–H and O–H groups in total. The van der Waals surface area contributed by atoms with E-state index in [9.17, 15) is 0 Å². The maximum Gasteiger partial charge on any atom is 0.268 e. The van der Waals surface area contributed by atoms with Crippen LogP contribution in [0.15, 0.2) is 35.3 Å². The van der Waals surface area contributed by atoms with Gasteiger partial charge in [0.15, 0.2) is 0 Å². The van der Waals surface area contributed by atoms with Crippen molar-refractivity contribution in [2.45, 2.75) is 52.0 Å². The average Bonchev–Trinajstić information content (AvgIpc) is 3.44. The first-order chi connectivity index (χ1) is 15.1. The Morgan fingerprint density at radius 3 is 2.52 bits per heavy atom. The molecule has 31 heavy (non-hydrogen) atoms. The van der Waals surface area contributed by atoms with E-state index in [1.54, 1.807) is 11.5 Å². The molecule has 1 aromatic carbocycles. The minimum atomic E-state index is 0.323. The van der Waals surface area contributed by atoms with E-state index in [0.29, 0.717) is 23.7 Å². The molecule has 3 aromatic rings. The van der Waals surface area contributed by atoms with Crippen LogP contribution in [0.4, 0.5) is 10.9 Å². The first kappa shape index (κ1) is 19.2. The molecule has 7 heteroatoms. The third kappa shape index (κ3) is 3.49. The number of piperidine rings is 1. The molecule has 1 saturated carbocycles. The summed E-state index contributed by atoms with van der Waals surface area (Å²) in [5.74, 6) is 3.09. The summed E-state index contributed by atoms with van der Waals surface area (Å²) in [6.07, 6.45) is 4.71. The maximum absolute atomic E-state index is 5.06. The second kappa shape index (κ2) is 7.55. The van der Waals surface area contributed by atoms with Crippen LogP contribution in [0.1, 0.15) is 54.2 Å². The minimum absolute atomic E-state index is 0.323. The second-order valence-electron chi connectivity index (χ2n) is 9.32. The Bertz CT molecular complexity index is 1110. The summed E-state index contributed by atoms with van der Waals surface area (Å²) in [5, 5.41) is 6.11. The van der Waals surface area contributed by atoms with Gasteiger partial charge in [-0.2, -0.15) is 9.36 Å². The molecule has 0 spiro atoms. The zero-order valence-electron chi connectivity index (χ0n) is 18.2. The fraction of sp³-hybridized carbons (Fsp3) is 0.500. The van der Waals surface area contributed by atoms with Crippen LogP contribution in [-0.4, -0.2) is 37.9 Å². The molecule has 4 heterocycles. The molecule has 160 valence electrons. The summed E-state index contributed by atoms with van der Waals surface area (Å²) < 4.78 is 6.57. The smallest absolute Gasteiger partial charge is 0.268 e. The number of fused-ring (bicyclic) bond motifs is 3. The largest absolute Gasteiger partial charge is 0.361 e. The van der Waals surface area contributed by atoms with Crippen molar-refractivity contribution in [3.63, 3.8) is 0 Å². The van der Waals surface area contributed by atoms with Crippen LogP contribution in [0.25, 0.3) is 0 Å². The van der Waals surface area contributed by atoms with E-state index in [1.807, 2.05) is 0 Å². The zero-order valence-corrected chi connectivity index (χ0v) is 19.0. The number of benzene rings is 1. The Morgan fingerprint density at radius 1 is 1.03 bits per heavy atom. The highest BCUT2D eigenvalue weighted by Gasteiger charge is 2.40. The van der Waals surface area contributed by atoms with Gasteiger partial charge in [0.1, 0.15) is 10.8 Å². The molecule has 0 radical (unpaired) electrons. The van der Waals surface area contributed by atoms with Crippen molar-refractivity contribution < 1.29 is 0 Å². The van der Waals surface area contributed by atoms with Crippen molar-refractivity contribution in [2.75, 3.05) is 18.0 Å². The number of rotatable bonds is 3. The van der Waals surface area contributed by atoms with Gasteiger partial charge < -0.3 is 4.90 Å². The third-order valence-corrected chi connectivity index (χ3v) is 8.02. The summed E-state index contributed by atoms with van der Waals surface area (Å²) in [7, 11) is 0. The fourth-order valence-corrected chi connectivity index (χ4v) is 6.26. The topological polar surface area (TPSA) is 59.2 Å². The minimum Gasteiger partial charge on any atom is -0.361 e. The monoisotopic (exact) mass is 432 g/mol. The van der Waals surface area contributed by atoms with Crippen molar-refractivity contribution in [3.05, 3.63) is 53.0 Å². The van der Waals surface area contributed by atoms with Gasteiger partial charge in [0.25, 0.3) is 5.95 Å². The molecule has 6 nitrogen and oxygen atoms in total. The molecule has 0 amide bonds. The van der Waals surface area contributed by atoms with Crippen LogP contribution in [-0.2, 0) is 6.54 Å². The van der Waals surface area contributed by atoms with Crippen LogP contribution in [0.2, 0.25) is 0 Å². The summed E-state index contributed by atoms with van der Waals surface area (Å²) in [4.78, 5) is 12.5. The average molecular weight is 433 g/mol. The van der Waals surface area contributed by atoms with Gasteiger partial charge in [-0.1, -0.05) is 29.8 Å². The van der Waals surface area contributed by atoms with E-state index < -0.39 is 0 Å². The lowest BCUT2D eigenvalue weighted by Gasteiger charge is -2.33. The van der Waals surface area contributed by atoms with Crippen molar-refractivity contribution in [1.82, 2.24) is 19.1 Å². The van der Waals surface area contributed by atoms with E-state index in [2.05, 4.69) is 58.1 Å².